The van der Waals surface area contributed by atoms with Gasteiger partial charge in [-0.25, -0.2) is 4.79 Å². The second-order valence-corrected chi connectivity index (χ2v) is 4.09. The summed E-state index contributed by atoms with van der Waals surface area (Å²) in [5.74, 6) is -0.827. The molecule has 1 fully saturated rings. The van der Waals surface area contributed by atoms with Gasteiger partial charge in [0.25, 0.3) is 0 Å². The zero-order valence-electron chi connectivity index (χ0n) is 9.35. The molecule has 1 atom stereocenters. The molecule has 2 heterocycles. The van der Waals surface area contributed by atoms with Crippen molar-refractivity contribution in [3.05, 3.63) is 24.0 Å². The third kappa shape index (κ3) is 2.77. The van der Waals surface area contributed by atoms with Crippen LogP contribution in [0, 0.1) is 0 Å². The number of carbonyl (C=O) groups excluding carboxylic acids is 1. The molecule has 0 spiro atoms. The highest BCUT2D eigenvalue weighted by Crippen LogP contribution is 2.19. The molecule has 1 aromatic rings. The SMILES string of the molecule is O=C(O)CCCN1CC(c2cc[nH]c2)NC1=O. The zero-order valence-corrected chi connectivity index (χ0v) is 9.35. The number of nitrogens with one attached hydrogen (secondary N) is 2. The summed E-state index contributed by atoms with van der Waals surface area (Å²) in [6.07, 6.45) is 4.25. The van der Waals surface area contributed by atoms with E-state index in [1.54, 1.807) is 4.90 Å². The molecule has 1 aromatic heterocycles. The van der Waals surface area contributed by atoms with Crippen LogP contribution in [0.3, 0.4) is 0 Å². The van der Waals surface area contributed by atoms with Crippen LogP contribution in [0.4, 0.5) is 4.79 Å². The topological polar surface area (TPSA) is 85.4 Å². The molecular formula is C11H15N3O3. The van der Waals surface area contributed by atoms with Gasteiger partial charge in [0.1, 0.15) is 0 Å². The van der Waals surface area contributed by atoms with Crippen molar-refractivity contribution >= 4 is 12.0 Å². The van der Waals surface area contributed by atoms with Crippen LogP contribution < -0.4 is 5.32 Å². The van der Waals surface area contributed by atoms with Crippen LogP contribution in [0.5, 0.6) is 0 Å². The number of aliphatic carboxylic acids is 1. The monoisotopic (exact) mass is 237 g/mol. The van der Waals surface area contributed by atoms with Crippen molar-refractivity contribution in [3.63, 3.8) is 0 Å². The predicted octanol–water partition coefficient (Wildman–Crippen LogP) is 0.946. The Morgan fingerprint density at radius 2 is 2.41 bits per heavy atom. The lowest BCUT2D eigenvalue weighted by Gasteiger charge is -2.13. The fourth-order valence-corrected chi connectivity index (χ4v) is 1.95. The second-order valence-electron chi connectivity index (χ2n) is 4.09. The smallest absolute Gasteiger partial charge is 0.318 e. The summed E-state index contributed by atoms with van der Waals surface area (Å²) < 4.78 is 0. The number of aromatic amines is 1. The molecule has 0 aromatic carbocycles. The number of carbonyl (C=O) groups is 2. The molecule has 1 aliphatic rings. The maximum atomic E-state index is 11.6. The maximum absolute atomic E-state index is 11.6. The van der Waals surface area contributed by atoms with Gasteiger partial charge in [0.15, 0.2) is 0 Å². The third-order valence-electron chi connectivity index (χ3n) is 2.83. The lowest BCUT2D eigenvalue weighted by Crippen LogP contribution is -2.29. The van der Waals surface area contributed by atoms with Gasteiger partial charge >= 0.3 is 12.0 Å². The van der Waals surface area contributed by atoms with Crippen molar-refractivity contribution in [1.82, 2.24) is 15.2 Å². The van der Waals surface area contributed by atoms with Gasteiger partial charge in [-0.3, -0.25) is 4.79 Å². The molecule has 0 bridgehead atoms. The van der Waals surface area contributed by atoms with Gasteiger partial charge in [-0.2, -0.15) is 0 Å². The highest BCUT2D eigenvalue weighted by molar-refractivity contribution is 5.77. The van der Waals surface area contributed by atoms with Gasteiger partial charge in [0.2, 0.25) is 0 Å². The molecule has 17 heavy (non-hydrogen) atoms. The highest BCUT2D eigenvalue weighted by atomic mass is 16.4. The Balaban J connectivity index is 1.85. The van der Waals surface area contributed by atoms with E-state index in [1.165, 1.54) is 0 Å². The molecule has 92 valence electrons. The van der Waals surface area contributed by atoms with Crippen LogP contribution in [-0.2, 0) is 4.79 Å². The van der Waals surface area contributed by atoms with Crippen molar-refractivity contribution in [3.8, 4) is 0 Å². The van der Waals surface area contributed by atoms with E-state index in [1.807, 2.05) is 18.5 Å². The molecule has 1 saturated heterocycles. The van der Waals surface area contributed by atoms with E-state index in [0.29, 0.717) is 19.5 Å². The van der Waals surface area contributed by atoms with E-state index >= 15 is 0 Å². The van der Waals surface area contributed by atoms with Crippen LogP contribution in [0.2, 0.25) is 0 Å². The summed E-state index contributed by atoms with van der Waals surface area (Å²) in [7, 11) is 0. The predicted molar refractivity (Wildman–Crippen MR) is 60.5 cm³/mol. The summed E-state index contributed by atoms with van der Waals surface area (Å²) in [5.41, 5.74) is 1.04. The number of nitrogens with zero attached hydrogens (tertiary/aromatic N) is 1. The van der Waals surface area contributed by atoms with E-state index < -0.39 is 5.97 Å². The Labute approximate surface area is 98.6 Å². The zero-order chi connectivity index (χ0) is 12.3. The van der Waals surface area contributed by atoms with Crippen LogP contribution in [0.1, 0.15) is 24.4 Å². The number of hydrogen-bond donors (Lipinski definition) is 3. The van der Waals surface area contributed by atoms with Gasteiger partial charge in [-0.1, -0.05) is 0 Å². The number of urea groups is 1. The third-order valence-corrected chi connectivity index (χ3v) is 2.83. The van der Waals surface area contributed by atoms with Crippen LogP contribution in [0.15, 0.2) is 18.5 Å². The fourth-order valence-electron chi connectivity index (χ4n) is 1.95. The first-order valence-corrected chi connectivity index (χ1v) is 5.57. The van der Waals surface area contributed by atoms with E-state index in [-0.39, 0.29) is 18.5 Å². The molecule has 2 rings (SSSR count). The van der Waals surface area contributed by atoms with Crippen LogP contribution >= 0.6 is 0 Å². The summed E-state index contributed by atoms with van der Waals surface area (Å²) in [5, 5.41) is 11.4. The number of hydrogen-bond acceptors (Lipinski definition) is 2. The number of carboxylic acid groups (broad SMARTS) is 1. The minimum atomic E-state index is -0.827. The fraction of sp³-hybridized carbons (Fsp3) is 0.455. The minimum Gasteiger partial charge on any atom is -0.481 e. The van der Waals surface area contributed by atoms with Gasteiger partial charge in [0.05, 0.1) is 6.04 Å². The van der Waals surface area contributed by atoms with Crippen molar-refractivity contribution in [2.24, 2.45) is 0 Å². The number of rotatable bonds is 5. The van der Waals surface area contributed by atoms with Crippen molar-refractivity contribution < 1.29 is 14.7 Å². The maximum Gasteiger partial charge on any atom is 0.318 e. The molecule has 3 N–H and O–H groups in total. The highest BCUT2D eigenvalue weighted by Gasteiger charge is 2.29. The number of aromatic nitrogens is 1. The molecule has 6 nitrogen and oxygen atoms in total. The van der Waals surface area contributed by atoms with Crippen LogP contribution in [-0.4, -0.2) is 40.1 Å². The first kappa shape index (κ1) is 11.5. The first-order chi connectivity index (χ1) is 8.16. The van der Waals surface area contributed by atoms with Gasteiger partial charge < -0.3 is 20.3 Å². The molecule has 6 heteroatoms. The first-order valence-electron chi connectivity index (χ1n) is 5.57. The van der Waals surface area contributed by atoms with Crippen LogP contribution in [0.25, 0.3) is 0 Å². The van der Waals surface area contributed by atoms with E-state index in [9.17, 15) is 9.59 Å². The summed E-state index contributed by atoms with van der Waals surface area (Å²) in [4.78, 5) is 26.6. The van der Waals surface area contributed by atoms with Crippen molar-refractivity contribution in [2.75, 3.05) is 13.1 Å². The van der Waals surface area contributed by atoms with Gasteiger partial charge in [-0.15, -0.1) is 0 Å². The molecule has 2 amide bonds. The quantitative estimate of drug-likeness (QED) is 0.712. The van der Waals surface area contributed by atoms with Crippen molar-refractivity contribution in [2.45, 2.75) is 18.9 Å². The molecule has 1 unspecified atom stereocenters. The number of H-pyrrole nitrogens is 1. The Morgan fingerprint density at radius 3 is 3.06 bits per heavy atom. The second kappa shape index (κ2) is 4.90. The van der Waals surface area contributed by atoms with E-state index in [2.05, 4.69) is 10.3 Å². The average molecular weight is 237 g/mol. The molecule has 0 aliphatic carbocycles. The van der Waals surface area contributed by atoms with Crippen molar-refractivity contribution in [1.29, 1.82) is 0 Å². The lowest BCUT2D eigenvalue weighted by atomic mass is 10.1. The average Bonchev–Trinajstić information content (AvgIpc) is 2.87. The van der Waals surface area contributed by atoms with E-state index in [4.69, 9.17) is 5.11 Å². The largest absolute Gasteiger partial charge is 0.481 e. The molecular weight excluding hydrogens is 222 g/mol. The number of amides is 2. The van der Waals surface area contributed by atoms with Gasteiger partial charge in [-0.05, 0) is 18.1 Å². The summed E-state index contributed by atoms with van der Waals surface area (Å²) in [6, 6.07) is 1.80. The summed E-state index contributed by atoms with van der Waals surface area (Å²) in [6.45, 7) is 1.08. The Morgan fingerprint density at radius 1 is 1.59 bits per heavy atom. The molecule has 1 aliphatic heterocycles. The summed E-state index contributed by atoms with van der Waals surface area (Å²) >= 11 is 0. The minimum absolute atomic E-state index is 0.00132. The Bertz CT molecular complexity index is 402. The Hall–Kier alpha value is -1.98. The lowest BCUT2D eigenvalue weighted by molar-refractivity contribution is -0.137. The standard InChI is InChI=1S/C11H15N3O3/c15-10(16)2-1-5-14-7-9(13-11(14)17)8-3-4-12-6-8/h3-4,6,9,12H,1-2,5,7H2,(H,13,17)(H,15,16). The Kier molecular flexibility index (Phi) is 3.32. The normalized spacial score (nSPS) is 19.4. The van der Waals surface area contributed by atoms with E-state index in [0.717, 1.165) is 5.56 Å². The molecule has 0 saturated carbocycles. The molecule has 0 radical (unpaired) electrons. The van der Waals surface area contributed by atoms with Gasteiger partial charge in [0, 0.05) is 31.9 Å². The number of carboxylic acids is 1.